The van der Waals surface area contributed by atoms with Crippen LogP contribution in [0.15, 0.2) is 52.9 Å². The van der Waals surface area contributed by atoms with E-state index in [-0.39, 0.29) is 5.91 Å². The Hall–Kier alpha value is -2.26. The Bertz CT molecular complexity index is 869. The molecule has 0 spiro atoms. The molecule has 0 aliphatic carbocycles. The van der Waals surface area contributed by atoms with Gasteiger partial charge in [-0.25, -0.2) is 0 Å². The number of nitrogens with zero attached hydrogens (tertiary/aromatic N) is 1. The maximum absolute atomic E-state index is 12.6. The second-order valence-electron chi connectivity index (χ2n) is 5.87. The van der Waals surface area contributed by atoms with Crippen molar-refractivity contribution < 1.29 is 9.21 Å². The molecule has 4 heteroatoms. The SMILES string of the molecule is CCc1oc2ccccc2c1CN(C)C(=O)Cc1ccccc1Cl. The fraction of sp³-hybridized carbons (Fsp3) is 0.250. The summed E-state index contributed by atoms with van der Waals surface area (Å²) in [6, 6.07) is 15.4. The van der Waals surface area contributed by atoms with Gasteiger partial charge in [-0.3, -0.25) is 4.79 Å². The van der Waals surface area contributed by atoms with E-state index in [1.165, 1.54) is 0 Å². The summed E-state index contributed by atoms with van der Waals surface area (Å²) in [5, 5.41) is 1.70. The molecule has 3 rings (SSSR count). The first kappa shape index (κ1) is 16.6. The number of rotatable bonds is 5. The van der Waals surface area contributed by atoms with Crippen molar-refractivity contribution in [2.24, 2.45) is 0 Å². The second kappa shape index (κ2) is 7.10. The second-order valence-corrected chi connectivity index (χ2v) is 6.28. The molecule has 0 fully saturated rings. The molecule has 3 aromatic rings. The first-order chi connectivity index (χ1) is 11.6. The summed E-state index contributed by atoms with van der Waals surface area (Å²) in [5.74, 6) is 0.976. The summed E-state index contributed by atoms with van der Waals surface area (Å²) in [4.78, 5) is 14.3. The topological polar surface area (TPSA) is 33.5 Å². The zero-order chi connectivity index (χ0) is 17.1. The highest BCUT2D eigenvalue weighted by molar-refractivity contribution is 6.31. The van der Waals surface area contributed by atoms with Crippen molar-refractivity contribution in [2.75, 3.05) is 7.05 Å². The summed E-state index contributed by atoms with van der Waals surface area (Å²) in [5.41, 5.74) is 2.81. The summed E-state index contributed by atoms with van der Waals surface area (Å²) >= 11 is 6.16. The Balaban J connectivity index is 1.81. The minimum Gasteiger partial charge on any atom is -0.461 e. The third kappa shape index (κ3) is 3.31. The summed E-state index contributed by atoms with van der Waals surface area (Å²) in [7, 11) is 1.82. The Morgan fingerprint density at radius 1 is 1.12 bits per heavy atom. The van der Waals surface area contributed by atoms with Gasteiger partial charge in [0.25, 0.3) is 0 Å². The summed E-state index contributed by atoms with van der Waals surface area (Å²) < 4.78 is 5.91. The number of para-hydroxylation sites is 1. The molecular weight excluding hydrogens is 322 g/mol. The van der Waals surface area contributed by atoms with Crippen molar-refractivity contribution in [3.8, 4) is 0 Å². The molecule has 0 radical (unpaired) electrons. The van der Waals surface area contributed by atoms with E-state index in [0.29, 0.717) is 18.0 Å². The van der Waals surface area contributed by atoms with E-state index in [1.807, 2.05) is 55.6 Å². The number of fused-ring (bicyclic) bond motifs is 1. The molecule has 0 bridgehead atoms. The van der Waals surface area contributed by atoms with Crippen molar-refractivity contribution in [3.05, 3.63) is 70.4 Å². The number of aryl methyl sites for hydroxylation is 1. The predicted octanol–water partition coefficient (Wildman–Crippen LogP) is 4.85. The Morgan fingerprint density at radius 2 is 1.83 bits per heavy atom. The summed E-state index contributed by atoms with van der Waals surface area (Å²) in [6.45, 7) is 2.59. The monoisotopic (exact) mass is 341 g/mol. The van der Waals surface area contributed by atoms with Crippen LogP contribution in [0, 0.1) is 0 Å². The molecule has 0 saturated carbocycles. The first-order valence-electron chi connectivity index (χ1n) is 8.06. The van der Waals surface area contributed by atoms with Gasteiger partial charge in [-0.15, -0.1) is 0 Å². The van der Waals surface area contributed by atoms with Gasteiger partial charge in [-0.05, 0) is 17.7 Å². The lowest BCUT2D eigenvalue weighted by Crippen LogP contribution is -2.28. The number of carbonyl (C=O) groups excluding carboxylic acids is 1. The van der Waals surface area contributed by atoms with E-state index in [2.05, 4.69) is 6.92 Å². The van der Waals surface area contributed by atoms with E-state index >= 15 is 0 Å². The van der Waals surface area contributed by atoms with Gasteiger partial charge in [0.1, 0.15) is 11.3 Å². The quantitative estimate of drug-likeness (QED) is 0.664. The molecule has 24 heavy (non-hydrogen) atoms. The van der Waals surface area contributed by atoms with Crippen molar-refractivity contribution in [1.29, 1.82) is 0 Å². The van der Waals surface area contributed by atoms with E-state index in [4.69, 9.17) is 16.0 Å². The van der Waals surface area contributed by atoms with Gasteiger partial charge < -0.3 is 9.32 Å². The van der Waals surface area contributed by atoms with E-state index in [0.717, 1.165) is 34.3 Å². The maximum Gasteiger partial charge on any atom is 0.227 e. The molecule has 0 aliphatic heterocycles. The Kier molecular flexibility index (Phi) is 4.91. The van der Waals surface area contributed by atoms with Gasteiger partial charge in [-0.1, -0.05) is 54.9 Å². The molecule has 1 aromatic heterocycles. The van der Waals surface area contributed by atoms with Gasteiger partial charge in [-0.2, -0.15) is 0 Å². The van der Waals surface area contributed by atoms with Gasteiger partial charge in [0.15, 0.2) is 0 Å². The third-order valence-corrected chi connectivity index (χ3v) is 4.59. The third-order valence-electron chi connectivity index (χ3n) is 4.22. The average molecular weight is 342 g/mol. The van der Waals surface area contributed by atoms with Gasteiger partial charge in [0, 0.05) is 36.0 Å². The maximum atomic E-state index is 12.6. The molecule has 0 atom stereocenters. The van der Waals surface area contributed by atoms with Crippen LogP contribution in [0.4, 0.5) is 0 Å². The normalized spacial score (nSPS) is 11.0. The van der Waals surface area contributed by atoms with Gasteiger partial charge in [0.05, 0.1) is 6.42 Å². The molecule has 0 aliphatic rings. The zero-order valence-corrected chi connectivity index (χ0v) is 14.6. The molecule has 124 valence electrons. The molecule has 3 nitrogen and oxygen atoms in total. The van der Waals surface area contributed by atoms with Crippen molar-refractivity contribution >= 4 is 28.5 Å². The number of amides is 1. The molecule has 0 N–H and O–H groups in total. The number of furan rings is 1. The number of hydrogen-bond donors (Lipinski definition) is 0. The van der Waals surface area contributed by atoms with Crippen LogP contribution in [0.3, 0.4) is 0 Å². The minimum atomic E-state index is 0.0374. The molecule has 0 saturated heterocycles. The van der Waals surface area contributed by atoms with E-state index in [1.54, 1.807) is 4.90 Å². The fourth-order valence-corrected chi connectivity index (χ4v) is 3.08. The first-order valence-corrected chi connectivity index (χ1v) is 8.44. The standard InChI is InChI=1S/C20H20ClNO2/c1-3-18-16(15-9-5-7-11-19(15)24-18)13-22(2)20(23)12-14-8-4-6-10-17(14)21/h4-11H,3,12-13H2,1-2H3. The lowest BCUT2D eigenvalue weighted by molar-refractivity contribution is -0.129. The summed E-state index contributed by atoms with van der Waals surface area (Å²) in [6.07, 6.45) is 1.10. The van der Waals surface area contributed by atoms with Crippen molar-refractivity contribution in [2.45, 2.75) is 26.3 Å². The Labute approximate surface area is 146 Å². The van der Waals surface area contributed by atoms with Crippen LogP contribution in [-0.2, 0) is 24.2 Å². The van der Waals surface area contributed by atoms with Crippen LogP contribution in [0.5, 0.6) is 0 Å². The van der Waals surface area contributed by atoms with E-state index < -0.39 is 0 Å². The van der Waals surface area contributed by atoms with Crippen LogP contribution in [-0.4, -0.2) is 17.9 Å². The fourth-order valence-electron chi connectivity index (χ4n) is 2.87. The van der Waals surface area contributed by atoms with Crippen molar-refractivity contribution in [3.63, 3.8) is 0 Å². The largest absolute Gasteiger partial charge is 0.461 e. The number of hydrogen-bond acceptors (Lipinski definition) is 2. The molecular formula is C20H20ClNO2. The average Bonchev–Trinajstić information content (AvgIpc) is 2.94. The molecule has 1 amide bonds. The molecule has 2 aromatic carbocycles. The van der Waals surface area contributed by atoms with Gasteiger partial charge >= 0.3 is 0 Å². The predicted molar refractivity (Wildman–Crippen MR) is 97.2 cm³/mol. The van der Waals surface area contributed by atoms with Crippen LogP contribution in [0.1, 0.15) is 23.8 Å². The lowest BCUT2D eigenvalue weighted by atomic mass is 10.1. The zero-order valence-electron chi connectivity index (χ0n) is 13.9. The number of likely N-dealkylation sites (N-methyl/N-ethyl adjacent to an activating group) is 1. The smallest absolute Gasteiger partial charge is 0.227 e. The highest BCUT2D eigenvalue weighted by atomic mass is 35.5. The van der Waals surface area contributed by atoms with Crippen LogP contribution in [0.25, 0.3) is 11.0 Å². The highest BCUT2D eigenvalue weighted by Crippen LogP contribution is 2.27. The molecule has 1 heterocycles. The minimum absolute atomic E-state index is 0.0374. The van der Waals surface area contributed by atoms with Crippen LogP contribution in [0.2, 0.25) is 5.02 Å². The highest BCUT2D eigenvalue weighted by Gasteiger charge is 2.18. The number of carbonyl (C=O) groups is 1. The molecule has 0 unspecified atom stereocenters. The number of benzene rings is 2. The Morgan fingerprint density at radius 3 is 2.58 bits per heavy atom. The van der Waals surface area contributed by atoms with Gasteiger partial charge in [0.2, 0.25) is 5.91 Å². The van der Waals surface area contributed by atoms with Crippen molar-refractivity contribution in [1.82, 2.24) is 4.90 Å². The van der Waals surface area contributed by atoms with Crippen LogP contribution < -0.4 is 0 Å². The number of halogens is 1. The van der Waals surface area contributed by atoms with E-state index in [9.17, 15) is 4.79 Å². The van der Waals surface area contributed by atoms with Crippen LogP contribution >= 0.6 is 11.6 Å². The lowest BCUT2D eigenvalue weighted by Gasteiger charge is -2.18.